The van der Waals surface area contributed by atoms with Crippen molar-refractivity contribution in [1.82, 2.24) is 20.2 Å². The van der Waals surface area contributed by atoms with Crippen LogP contribution in [0.3, 0.4) is 0 Å². The van der Waals surface area contributed by atoms with Gasteiger partial charge in [-0.1, -0.05) is 53.9 Å². The van der Waals surface area contributed by atoms with Crippen molar-refractivity contribution in [1.29, 1.82) is 0 Å². The zero-order valence-corrected chi connectivity index (χ0v) is 15.0. The van der Waals surface area contributed by atoms with Crippen LogP contribution in [0.1, 0.15) is 13.8 Å². The second-order valence-electron chi connectivity index (χ2n) is 4.61. The van der Waals surface area contributed by atoms with Gasteiger partial charge < -0.3 is 4.98 Å². The summed E-state index contributed by atoms with van der Waals surface area (Å²) in [7, 11) is 0. The lowest BCUT2D eigenvalue weighted by Gasteiger charge is -2.07. The Hall–Kier alpha value is -1.58. The molecule has 23 heavy (non-hydrogen) atoms. The maximum Gasteiger partial charge on any atom is 0.239 e. The summed E-state index contributed by atoms with van der Waals surface area (Å²) in [6.07, 6.45) is 0. The maximum atomic E-state index is 12.3. The average Bonchev–Trinajstić information content (AvgIpc) is 3.13. The third-order valence-electron chi connectivity index (χ3n) is 2.93. The van der Waals surface area contributed by atoms with E-state index in [1.54, 1.807) is 11.8 Å². The van der Waals surface area contributed by atoms with Crippen molar-refractivity contribution in [3.05, 3.63) is 24.3 Å². The van der Waals surface area contributed by atoms with Gasteiger partial charge in [0.05, 0.1) is 16.3 Å². The first-order valence-corrected chi connectivity index (χ1v) is 9.72. The van der Waals surface area contributed by atoms with Crippen molar-refractivity contribution in [3.63, 3.8) is 0 Å². The molecule has 120 valence electrons. The smallest absolute Gasteiger partial charge is 0.239 e. The molecule has 0 saturated carbocycles. The van der Waals surface area contributed by atoms with Crippen LogP contribution in [0.25, 0.3) is 11.0 Å². The number of hydrogen-bond acceptors (Lipinski definition) is 7. The molecule has 2 aromatic heterocycles. The highest BCUT2D eigenvalue weighted by molar-refractivity contribution is 8.01. The number of nitrogens with zero attached hydrogens (tertiary/aromatic N) is 3. The molecule has 0 aliphatic carbocycles. The molecule has 0 radical (unpaired) electrons. The average molecular weight is 366 g/mol. The molecule has 0 fully saturated rings. The summed E-state index contributed by atoms with van der Waals surface area (Å²) >= 11 is 4.39. The fourth-order valence-corrected chi connectivity index (χ4v) is 4.33. The van der Waals surface area contributed by atoms with Crippen molar-refractivity contribution >= 4 is 56.9 Å². The van der Waals surface area contributed by atoms with Crippen LogP contribution in [0, 0.1) is 0 Å². The Morgan fingerprint density at radius 3 is 3.00 bits per heavy atom. The minimum atomic E-state index is -0.290. The predicted octanol–water partition coefficient (Wildman–Crippen LogP) is 3.65. The number of rotatable bonds is 6. The molecule has 3 rings (SSSR count). The van der Waals surface area contributed by atoms with Gasteiger partial charge in [0, 0.05) is 0 Å². The van der Waals surface area contributed by atoms with E-state index < -0.39 is 0 Å². The first-order valence-electron chi connectivity index (χ1n) is 7.04. The SMILES string of the molecule is CCSc1nnc(NC(=O)[C@H](C)Sc2nc3ccccc3[nH]2)s1. The van der Waals surface area contributed by atoms with E-state index in [1.165, 1.54) is 23.1 Å². The number of fused-ring (bicyclic) bond motifs is 1. The summed E-state index contributed by atoms with van der Waals surface area (Å²) in [5, 5.41) is 11.8. The van der Waals surface area contributed by atoms with E-state index in [1.807, 2.05) is 31.2 Å². The third-order valence-corrected chi connectivity index (χ3v) is 5.77. The second kappa shape index (κ2) is 7.33. The number of aromatic amines is 1. The van der Waals surface area contributed by atoms with E-state index in [-0.39, 0.29) is 11.2 Å². The molecule has 1 amide bonds. The Morgan fingerprint density at radius 2 is 2.22 bits per heavy atom. The number of hydrogen-bond donors (Lipinski definition) is 2. The molecule has 3 aromatic rings. The number of para-hydroxylation sites is 2. The largest absolute Gasteiger partial charge is 0.333 e. The monoisotopic (exact) mass is 365 g/mol. The van der Waals surface area contributed by atoms with E-state index in [9.17, 15) is 4.79 Å². The summed E-state index contributed by atoms with van der Waals surface area (Å²) in [6.45, 7) is 3.90. The minimum Gasteiger partial charge on any atom is -0.333 e. The zero-order valence-electron chi connectivity index (χ0n) is 12.6. The molecule has 0 saturated heterocycles. The minimum absolute atomic E-state index is 0.111. The summed E-state index contributed by atoms with van der Waals surface area (Å²) in [6, 6.07) is 7.79. The number of amides is 1. The quantitative estimate of drug-likeness (QED) is 0.512. The Labute approximate surface area is 145 Å². The molecule has 0 unspecified atom stereocenters. The van der Waals surface area contributed by atoms with E-state index >= 15 is 0 Å². The Balaban J connectivity index is 1.62. The Kier molecular flexibility index (Phi) is 5.19. The molecule has 2 heterocycles. The van der Waals surface area contributed by atoms with Crippen molar-refractivity contribution in [2.75, 3.05) is 11.1 Å². The van der Waals surface area contributed by atoms with E-state index in [2.05, 4.69) is 32.4 Å². The number of benzene rings is 1. The van der Waals surface area contributed by atoms with Crippen molar-refractivity contribution < 1.29 is 4.79 Å². The van der Waals surface area contributed by atoms with Crippen LogP contribution in [-0.4, -0.2) is 37.1 Å². The van der Waals surface area contributed by atoms with E-state index in [0.717, 1.165) is 26.3 Å². The molecule has 0 aliphatic rings. The zero-order chi connectivity index (χ0) is 16.2. The molecule has 0 bridgehead atoms. The Bertz CT molecular complexity index is 782. The molecule has 0 aliphatic heterocycles. The van der Waals surface area contributed by atoms with Gasteiger partial charge in [0.15, 0.2) is 9.50 Å². The van der Waals surface area contributed by atoms with Crippen LogP contribution in [0.4, 0.5) is 5.13 Å². The molecule has 9 heteroatoms. The number of imidazole rings is 1. The van der Waals surface area contributed by atoms with E-state index in [4.69, 9.17) is 0 Å². The standard InChI is InChI=1S/C14H15N5OS3/c1-3-21-14-19-18-13(23-14)17-11(20)8(2)22-12-15-9-6-4-5-7-10(9)16-12/h4-8H,3H2,1-2H3,(H,15,16)(H,17,18,20)/t8-/m0/s1. The number of H-pyrrole nitrogens is 1. The number of anilines is 1. The van der Waals surface area contributed by atoms with Crippen molar-refractivity contribution in [2.24, 2.45) is 0 Å². The van der Waals surface area contributed by atoms with Gasteiger partial charge in [-0.3, -0.25) is 10.1 Å². The van der Waals surface area contributed by atoms with Crippen LogP contribution in [0.15, 0.2) is 33.8 Å². The molecular formula is C14H15N5OS3. The van der Waals surface area contributed by atoms with Gasteiger partial charge in [0.2, 0.25) is 11.0 Å². The molecule has 0 spiro atoms. The van der Waals surface area contributed by atoms with Gasteiger partial charge in [0.1, 0.15) is 0 Å². The summed E-state index contributed by atoms with van der Waals surface area (Å²) in [4.78, 5) is 19.9. The third kappa shape index (κ3) is 4.04. The topological polar surface area (TPSA) is 83.6 Å². The molecule has 6 nitrogen and oxygen atoms in total. The predicted molar refractivity (Wildman–Crippen MR) is 96.3 cm³/mol. The van der Waals surface area contributed by atoms with Crippen LogP contribution in [0.5, 0.6) is 0 Å². The summed E-state index contributed by atoms with van der Waals surface area (Å²) < 4.78 is 0.861. The first kappa shape index (κ1) is 16.3. The molecule has 1 aromatic carbocycles. The van der Waals surface area contributed by atoms with Gasteiger partial charge in [-0.15, -0.1) is 10.2 Å². The van der Waals surface area contributed by atoms with Gasteiger partial charge >= 0.3 is 0 Å². The van der Waals surface area contributed by atoms with Crippen LogP contribution >= 0.6 is 34.9 Å². The van der Waals surface area contributed by atoms with Crippen LogP contribution in [-0.2, 0) is 4.79 Å². The number of nitrogens with one attached hydrogen (secondary N) is 2. The second-order valence-corrected chi connectivity index (χ2v) is 8.43. The molecular weight excluding hydrogens is 350 g/mol. The van der Waals surface area contributed by atoms with E-state index in [0.29, 0.717) is 5.13 Å². The lowest BCUT2D eigenvalue weighted by molar-refractivity contribution is -0.115. The summed E-state index contributed by atoms with van der Waals surface area (Å²) in [5.41, 5.74) is 1.86. The maximum absolute atomic E-state index is 12.3. The number of carbonyl (C=O) groups excluding carboxylic acids is 1. The Morgan fingerprint density at radius 1 is 1.39 bits per heavy atom. The molecule has 1 atom stereocenters. The van der Waals surface area contributed by atoms with Gasteiger partial charge in [-0.05, 0) is 24.8 Å². The van der Waals surface area contributed by atoms with Gasteiger partial charge in [-0.2, -0.15) is 0 Å². The summed E-state index contributed by atoms with van der Waals surface area (Å²) in [5.74, 6) is 0.820. The fourth-order valence-electron chi connectivity index (χ4n) is 1.86. The van der Waals surface area contributed by atoms with Crippen molar-refractivity contribution in [2.45, 2.75) is 28.6 Å². The van der Waals surface area contributed by atoms with Crippen molar-refractivity contribution in [3.8, 4) is 0 Å². The fraction of sp³-hybridized carbons (Fsp3) is 0.286. The highest BCUT2D eigenvalue weighted by Crippen LogP contribution is 2.27. The first-order chi connectivity index (χ1) is 11.2. The number of aromatic nitrogens is 4. The lowest BCUT2D eigenvalue weighted by Crippen LogP contribution is -2.22. The van der Waals surface area contributed by atoms with Gasteiger partial charge in [0.25, 0.3) is 0 Å². The highest BCUT2D eigenvalue weighted by Gasteiger charge is 2.18. The number of carbonyl (C=O) groups is 1. The lowest BCUT2D eigenvalue weighted by atomic mass is 10.3. The van der Waals surface area contributed by atoms with Gasteiger partial charge in [-0.25, -0.2) is 4.98 Å². The van der Waals surface area contributed by atoms with Crippen LogP contribution < -0.4 is 5.32 Å². The molecule has 2 N–H and O–H groups in total. The normalized spacial score (nSPS) is 12.4. The number of thioether (sulfide) groups is 2. The highest BCUT2D eigenvalue weighted by atomic mass is 32.2. The van der Waals surface area contributed by atoms with Crippen LogP contribution in [0.2, 0.25) is 0 Å².